The lowest BCUT2D eigenvalue weighted by Crippen LogP contribution is -2.40. The highest BCUT2D eigenvalue weighted by molar-refractivity contribution is 6.30. The van der Waals surface area contributed by atoms with E-state index < -0.39 is 5.69 Å². The Balaban J connectivity index is 1.92. The fourth-order valence-corrected chi connectivity index (χ4v) is 3.71. The summed E-state index contributed by atoms with van der Waals surface area (Å²) in [5.41, 5.74) is 1.95. The normalized spacial score (nSPS) is 11.2. The molecule has 0 bridgehead atoms. The summed E-state index contributed by atoms with van der Waals surface area (Å²) in [7, 11) is 0. The van der Waals surface area contributed by atoms with Crippen LogP contribution in [0.1, 0.15) is 31.4 Å². The standard InChI is InChI=1S/C24H22ClN5O2/c1-16(2)11-12-29-23(31)21-22(30(24(29)32)20-9-7-19(25)8-10-20)27-15-28(21)14-18-5-3-17(13-26)4-6-18/h3-10,15-16H,11-12,14H2,1-2H3. The number of aromatic nitrogens is 4. The highest BCUT2D eigenvalue weighted by Crippen LogP contribution is 2.17. The summed E-state index contributed by atoms with van der Waals surface area (Å²) in [6.07, 6.45) is 2.27. The first-order valence-electron chi connectivity index (χ1n) is 10.3. The molecule has 0 N–H and O–H groups in total. The summed E-state index contributed by atoms with van der Waals surface area (Å²) in [5.74, 6) is 0.338. The highest BCUT2D eigenvalue weighted by atomic mass is 35.5. The molecular formula is C24H22ClN5O2. The van der Waals surface area contributed by atoms with Crippen molar-refractivity contribution in [3.63, 3.8) is 0 Å². The molecule has 7 nitrogen and oxygen atoms in total. The van der Waals surface area contributed by atoms with Crippen molar-refractivity contribution in [2.45, 2.75) is 33.4 Å². The van der Waals surface area contributed by atoms with E-state index in [0.29, 0.717) is 52.9 Å². The number of imidazole rings is 1. The van der Waals surface area contributed by atoms with Crippen molar-refractivity contribution < 1.29 is 0 Å². The summed E-state index contributed by atoms with van der Waals surface area (Å²) in [4.78, 5) is 31.2. The summed E-state index contributed by atoms with van der Waals surface area (Å²) in [6, 6.07) is 16.1. The molecule has 2 heterocycles. The van der Waals surface area contributed by atoms with Crippen LogP contribution in [0.25, 0.3) is 16.9 Å². The zero-order valence-electron chi connectivity index (χ0n) is 17.8. The number of hydrogen-bond donors (Lipinski definition) is 0. The van der Waals surface area contributed by atoms with Crippen LogP contribution in [0.2, 0.25) is 5.02 Å². The molecule has 0 aliphatic rings. The molecule has 32 heavy (non-hydrogen) atoms. The second kappa shape index (κ2) is 8.85. The molecule has 0 amide bonds. The number of nitriles is 1. The van der Waals surface area contributed by atoms with Crippen LogP contribution in [0.5, 0.6) is 0 Å². The molecule has 2 aromatic carbocycles. The highest BCUT2D eigenvalue weighted by Gasteiger charge is 2.19. The molecule has 0 unspecified atom stereocenters. The zero-order valence-corrected chi connectivity index (χ0v) is 18.6. The molecule has 0 saturated carbocycles. The minimum atomic E-state index is -0.422. The van der Waals surface area contributed by atoms with Crippen molar-refractivity contribution >= 4 is 22.8 Å². The number of nitrogens with zero attached hydrogens (tertiary/aromatic N) is 5. The van der Waals surface area contributed by atoms with Gasteiger partial charge in [0.2, 0.25) is 0 Å². The van der Waals surface area contributed by atoms with Crippen molar-refractivity contribution in [1.82, 2.24) is 18.7 Å². The van der Waals surface area contributed by atoms with Crippen molar-refractivity contribution in [3.8, 4) is 11.8 Å². The summed E-state index contributed by atoms with van der Waals surface area (Å²) in [5, 5.41) is 9.57. The third-order valence-electron chi connectivity index (χ3n) is 5.35. The van der Waals surface area contributed by atoms with Crippen LogP contribution in [-0.2, 0) is 13.1 Å². The molecule has 2 aromatic heterocycles. The predicted octanol–water partition coefficient (Wildman–Crippen LogP) is 3.97. The fourth-order valence-electron chi connectivity index (χ4n) is 3.59. The van der Waals surface area contributed by atoms with Gasteiger partial charge in [-0.3, -0.25) is 9.36 Å². The molecule has 0 saturated heterocycles. The monoisotopic (exact) mass is 447 g/mol. The van der Waals surface area contributed by atoms with Gasteiger partial charge in [0.15, 0.2) is 11.2 Å². The van der Waals surface area contributed by atoms with E-state index in [-0.39, 0.29) is 5.56 Å². The minimum absolute atomic E-state index is 0.303. The lowest BCUT2D eigenvalue weighted by molar-refractivity contribution is 0.491. The van der Waals surface area contributed by atoms with Crippen LogP contribution < -0.4 is 11.2 Å². The maximum atomic E-state index is 13.4. The second-order valence-corrected chi connectivity index (χ2v) is 8.52. The first kappa shape index (κ1) is 21.6. The van der Waals surface area contributed by atoms with E-state index in [1.165, 1.54) is 9.13 Å². The van der Waals surface area contributed by atoms with E-state index in [4.69, 9.17) is 16.9 Å². The molecule has 0 aliphatic carbocycles. The zero-order chi connectivity index (χ0) is 22.8. The lowest BCUT2D eigenvalue weighted by Gasteiger charge is -2.14. The Kier molecular flexibility index (Phi) is 5.97. The number of benzene rings is 2. The Morgan fingerprint density at radius 2 is 1.75 bits per heavy atom. The molecule has 0 atom stereocenters. The van der Waals surface area contributed by atoms with Crippen molar-refractivity contribution in [3.05, 3.63) is 91.8 Å². The molecule has 0 aliphatic heterocycles. The average molecular weight is 448 g/mol. The Bertz CT molecular complexity index is 1420. The Morgan fingerprint density at radius 1 is 1.06 bits per heavy atom. The van der Waals surface area contributed by atoms with E-state index >= 15 is 0 Å². The van der Waals surface area contributed by atoms with Crippen LogP contribution >= 0.6 is 11.6 Å². The van der Waals surface area contributed by atoms with Gasteiger partial charge in [-0.1, -0.05) is 37.6 Å². The molecular weight excluding hydrogens is 426 g/mol. The van der Waals surface area contributed by atoms with E-state index in [1.54, 1.807) is 47.3 Å². The Labute approximate surface area is 189 Å². The van der Waals surface area contributed by atoms with Gasteiger partial charge in [0.25, 0.3) is 5.56 Å². The maximum Gasteiger partial charge on any atom is 0.337 e. The predicted molar refractivity (Wildman–Crippen MR) is 124 cm³/mol. The van der Waals surface area contributed by atoms with Crippen molar-refractivity contribution in [1.29, 1.82) is 5.26 Å². The van der Waals surface area contributed by atoms with Gasteiger partial charge in [-0.15, -0.1) is 0 Å². The van der Waals surface area contributed by atoms with Crippen LogP contribution in [0, 0.1) is 17.2 Å². The van der Waals surface area contributed by atoms with E-state index in [9.17, 15) is 9.59 Å². The molecule has 8 heteroatoms. The first-order valence-corrected chi connectivity index (χ1v) is 10.7. The molecule has 4 rings (SSSR count). The van der Waals surface area contributed by atoms with E-state index in [2.05, 4.69) is 24.9 Å². The summed E-state index contributed by atoms with van der Waals surface area (Å²) >= 11 is 6.03. The molecule has 4 aromatic rings. The molecule has 162 valence electrons. The van der Waals surface area contributed by atoms with Gasteiger partial charge in [0, 0.05) is 18.1 Å². The second-order valence-electron chi connectivity index (χ2n) is 8.09. The van der Waals surface area contributed by atoms with Gasteiger partial charge in [-0.25, -0.2) is 14.3 Å². The van der Waals surface area contributed by atoms with Gasteiger partial charge < -0.3 is 4.57 Å². The fraction of sp³-hybridized carbons (Fsp3) is 0.250. The van der Waals surface area contributed by atoms with Gasteiger partial charge in [0.1, 0.15) is 0 Å². The number of hydrogen-bond acceptors (Lipinski definition) is 4. The van der Waals surface area contributed by atoms with Crippen LogP contribution in [0.3, 0.4) is 0 Å². The van der Waals surface area contributed by atoms with Crippen molar-refractivity contribution in [2.75, 3.05) is 0 Å². The topological polar surface area (TPSA) is 85.6 Å². The molecule has 0 fully saturated rings. The third-order valence-corrected chi connectivity index (χ3v) is 5.60. The largest absolute Gasteiger partial charge is 0.337 e. The number of halogens is 1. The van der Waals surface area contributed by atoms with E-state index in [0.717, 1.165) is 5.56 Å². The minimum Gasteiger partial charge on any atom is -0.320 e. The average Bonchev–Trinajstić information content (AvgIpc) is 3.18. The van der Waals surface area contributed by atoms with Crippen LogP contribution in [-0.4, -0.2) is 18.7 Å². The first-order chi connectivity index (χ1) is 15.4. The van der Waals surface area contributed by atoms with Gasteiger partial charge in [-0.05, 0) is 54.3 Å². The molecule has 0 radical (unpaired) electrons. The van der Waals surface area contributed by atoms with Gasteiger partial charge >= 0.3 is 5.69 Å². The smallest absolute Gasteiger partial charge is 0.320 e. The van der Waals surface area contributed by atoms with Crippen LogP contribution in [0.15, 0.2) is 64.4 Å². The lowest BCUT2D eigenvalue weighted by atomic mass is 10.1. The number of rotatable bonds is 6. The van der Waals surface area contributed by atoms with Crippen molar-refractivity contribution in [2.24, 2.45) is 5.92 Å². The quantitative estimate of drug-likeness (QED) is 0.447. The SMILES string of the molecule is CC(C)CCn1c(=O)c2c(ncn2Cc2ccc(C#N)cc2)n(-c2ccc(Cl)cc2)c1=O. The van der Waals surface area contributed by atoms with Gasteiger partial charge in [-0.2, -0.15) is 5.26 Å². The summed E-state index contributed by atoms with van der Waals surface area (Å²) < 4.78 is 4.49. The van der Waals surface area contributed by atoms with E-state index in [1.807, 2.05) is 12.1 Å². The Hall–Kier alpha value is -3.63. The van der Waals surface area contributed by atoms with Gasteiger partial charge in [0.05, 0.1) is 23.6 Å². The van der Waals surface area contributed by atoms with Crippen LogP contribution in [0.4, 0.5) is 0 Å². The number of fused-ring (bicyclic) bond motifs is 1. The third kappa shape index (κ3) is 4.10. The maximum absolute atomic E-state index is 13.4. The summed E-state index contributed by atoms with van der Waals surface area (Å²) in [6.45, 7) is 4.81. The Morgan fingerprint density at radius 3 is 2.38 bits per heavy atom. The molecule has 0 spiro atoms.